The summed E-state index contributed by atoms with van der Waals surface area (Å²) in [5, 5.41) is 14.1. The summed E-state index contributed by atoms with van der Waals surface area (Å²) in [7, 11) is 0. The third-order valence-electron chi connectivity index (χ3n) is 5.35. The molecule has 3 heterocycles. The fourth-order valence-electron chi connectivity index (χ4n) is 3.87. The predicted molar refractivity (Wildman–Crippen MR) is 103 cm³/mol. The zero-order chi connectivity index (χ0) is 19.8. The topological polar surface area (TPSA) is 108 Å². The van der Waals surface area contributed by atoms with Crippen molar-refractivity contribution in [3.05, 3.63) is 63.7 Å². The van der Waals surface area contributed by atoms with Gasteiger partial charge in [-0.1, -0.05) is 18.2 Å². The van der Waals surface area contributed by atoms with E-state index < -0.39 is 5.97 Å². The van der Waals surface area contributed by atoms with Crippen LogP contribution in [-0.4, -0.2) is 49.7 Å². The molecule has 2 N–H and O–H groups in total. The number of carboxylic acids is 1. The first-order chi connectivity index (χ1) is 13.5. The number of carbonyl (C=O) groups excluding carboxylic acids is 1. The van der Waals surface area contributed by atoms with Crippen LogP contribution in [0.2, 0.25) is 0 Å². The van der Waals surface area contributed by atoms with Crippen LogP contribution in [0.15, 0.2) is 41.3 Å². The molecule has 1 aliphatic rings. The van der Waals surface area contributed by atoms with E-state index in [4.69, 9.17) is 0 Å². The minimum Gasteiger partial charge on any atom is -0.478 e. The Balaban J connectivity index is 1.54. The number of piperidine rings is 1. The maximum atomic E-state index is 13.0. The van der Waals surface area contributed by atoms with Crippen molar-refractivity contribution in [2.24, 2.45) is 0 Å². The number of pyridine rings is 1. The van der Waals surface area contributed by atoms with Crippen LogP contribution < -0.4 is 5.56 Å². The van der Waals surface area contributed by atoms with E-state index in [1.165, 1.54) is 12.3 Å². The number of nitrogens with zero attached hydrogens (tertiary/aromatic N) is 3. The van der Waals surface area contributed by atoms with E-state index in [1.54, 1.807) is 22.6 Å². The van der Waals surface area contributed by atoms with Gasteiger partial charge in [-0.2, -0.15) is 5.10 Å². The number of rotatable bonds is 3. The van der Waals surface area contributed by atoms with Crippen LogP contribution in [0.25, 0.3) is 10.9 Å². The lowest BCUT2D eigenvalue weighted by atomic mass is 10.0. The molecule has 1 aliphatic heterocycles. The first kappa shape index (κ1) is 18.0. The number of para-hydroxylation sites is 1. The van der Waals surface area contributed by atoms with Gasteiger partial charge in [0, 0.05) is 30.1 Å². The molecule has 144 valence electrons. The second-order valence-corrected chi connectivity index (χ2v) is 7.01. The van der Waals surface area contributed by atoms with Gasteiger partial charge in [-0.05, 0) is 25.8 Å². The number of hydrogen-bond acceptors (Lipinski definition) is 4. The quantitative estimate of drug-likeness (QED) is 0.724. The van der Waals surface area contributed by atoms with Crippen LogP contribution >= 0.6 is 0 Å². The van der Waals surface area contributed by atoms with Crippen molar-refractivity contribution in [1.29, 1.82) is 0 Å². The molecule has 2 aromatic heterocycles. The Kier molecular flexibility index (Phi) is 4.46. The van der Waals surface area contributed by atoms with E-state index in [0.717, 1.165) is 5.39 Å². The average Bonchev–Trinajstić information content (AvgIpc) is 3.08. The van der Waals surface area contributed by atoms with Crippen molar-refractivity contribution >= 4 is 22.8 Å². The molecule has 8 heteroatoms. The van der Waals surface area contributed by atoms with Gasteiger partial charge >= 0.3 is 5.97 Å². The summed E-state index contributed by atoms with van der Waals surface area (Å²) in [4.78, 5) is 40.7. The van der Waals surface area contributed by atoms with Gasteiger partial charge in [0.15, 0.2) is 0 Å². The van der Waals surface area contributed by atoms with Crippen LogP contribution in [-0.2, 0) is 0 Å². The lowest BCUT2D eigenvalue weighted by Gasteiger charge is -2.33. The fourth-order valence-corrected chi connectivity index (χ4v) is 3.87. The highest BCUT2D eigenvalue weighted by atomic mass is 16.4. The summed E-state index contributed by atoms with van der Waals surface area (Å²) in [5.74, 6) is -1.15. The highest BCUT2D eigenvalue weighted by Crippen LogP contribution is 2.26. The van der Waals surface area contributed by atoms with Crippen LogP contribution in [0.5, 0.6) is 0 Å². The molecule has 8 nitrogen and oxygen atoms in total. The second-order valence-electron chi connectivity index (χ2n) is 7.01. The number of carbonyl (C=O) groups is 2. The fraction of sp³-hybridized carbons (Fsp3) is 0.300. The number of H-pyrrole nitrogens is 1. The van der Waals surface area contributed by atoms with Gasteiger partial charge in [-0.3, -0.25) is 14.3 Å². The predicted octanol–water partition coefficient (Wildman–Crippen LogP) is 2.21. The number of aromatic nitrogens is 3. The van der Waals surface area contributed by atoms with E-state index in [0.29, 0.717) is 42.7 Å². The van der Waals surface area contributed by atoms with Crippen LogP contribution in [0.3, 0.4) is 0 Å². The van der Waals surface area contributed by atoms with E-state index >= 15 is 0 Å². The summed E-state index contributed by atoms with van der Waals surface area (Å²) in [6.07, 6.45) is 2.72. The molecular formula is C20H20N4O4. The molecule has 0 bridgehead atoms. The largest absolute Gasteiger partial charge is 0.478 e. The number of aromatic amines is 1. The van der Waals surface area contributed by atoms with Crippen molar-refractivity contribution in [2.75, 3.05) is 13.1 Å². The molecule has 0 aliphatic carbocycles. The van der Waals surface area contributed by atoms with Gasteiger partial charge < -0.3 is 15.0 Å². The van der Waals surface area contributed by atoms with Gasteiger partial charge in [0.25, 0.3) is 5.91 Å². The molecule has 0 atom stereocenters. The number of likely N-dealkylation sites (tertiary alicyclic amines) is 1. The maximum absolute atomic E-state index is 13.0. The number of hydrogen-bond donors (Lipinski definition) is 2. The molecule has 4 rings (SSSR count). The lowest BCUT2D eigenvalue weighted by molar-refractivity contribution is 0.0689. The minimum atomic E-state index is -0.988. The van der Waals surface area contributed by atoms with E-state index in [-0.39, 0.29) is 23.1 Å². The van der Waals surface area contributed by atoms with Gasteiger partial charge in [0.1, 0.15) is 5.56 Å². The molecule has 1 saturated heterocycles. The second kappa shape index (κ2) is 6.95. The van der Waals surface area contributed by atoms with Gasteiger partial charge in [-0.15, -0.1) is 0 Å². The minimum absolute atomic E-state index is 0.0491. The highest BCUT2D eigenvalue weighted by molar-refractivity contribution is 6.05. The Morgan fingerprint density at radius 1 is 1.18 bits per heavy atom. The van der Waals surface area contributed by atoms with Crippen molar-refractivity contribution in [1.82, 2.24) is 19.7 Å². The Bertz CT molecular complexity index is 1120. The zero-order valence-corrected chi connectivity index (χ0v) is 15.4. The van der Waals surface area contributed by atoms with Gasteiger partial charge in [-0.25, -0.2) is 4.79 Å². The monoisotopic (exact) mass is 380 g/mol. The van der Waals surface area contributed by atoms with Gasteiger partial charge in [0.05, 0.1) is 23.5 Å². The summed E-state index contributed by atoms with van der Waals surface area (Å²) in [6.45, 7) is 2.79. The van der Waals surface area contributed by atoms with Gasteiger partial charge in [0.2, 0.25) is 5.56 Å². The smallest absolute Gasteiger partial charge is 0.339 e. The van der Waals surface area contributed by atoms with Crippen LogP contribution in [0, 0.1) is 6.92 Å². The first-order valence-electron chi connectivity index (χ1n) is 9.14. The van der Waals surface area contributed by atoms with Crippen LogP contribution in [0.4, 0.5) is 0 Å². The SMILES string of the molecule is Cc1c(C(=O)O)cnn1C1CCN(C(=O)c2cc(=O)[nH]c3ccccc23)CC1. The Morgan fingerprint density at radius 2 is 1.89 bits per heavy atom. The standard InChI is InChI=1S/C20H20N4O4/c1-12-16(20(27)28)11-21-24(12)13-6-8-23(9-7-13)19(26)15-10-18(25)22-17-5-3-2-4-14(15)17/h2-5,10-11,13H,6-9H2,1H3,(H,22,25)(H,27,28). The third kappa shape index (κ3) is 3.06. The lowest BCUT2D eigenvalue weighted by Crippen LogP contribution is -2.39. The molecule has 1 amide bonds. The van der Waals surface area contributed by atoms with Crippen molar-refractivity contribution in [3.63, 3.8) is 0 Å². The average molecular weight is 380 g/mol. The van der Waals surface area contributed by atoms with Crippen molar-refractivity contribution < 1.29 is 14.7 Å². The molecule has 1 fully saturated rings. The summed E-state index contributed by atoms with van der Waals surface area (Å²) in [5.41, 5.74) is 1.57. The summed E-state index contributed by atoms with van der Waals surface area (Å²) < 4.78 is 1.74. The first-order valence-corrected chi connectivity index (χ1v) is 9.14. The van der Waals surface area contributed by atoms with Crippen molar-refractivity contribution in [3.8, 4) is 0 Å². The Labute approximate surface area is 160 Å². The summed E-state index contributed by atoms with van der Waals surface area (Å²) in [6, 6.07) is 8.66. The van der Waals surface area contributed by atoms with E-state index in [2.05, 4.69) is 10.1 Å². The van der Waals surface area contributed by atoms with E-state index in [1.807, 2.05) is 18.2 Å². The number of aromatic carboxylic acids is 1. The number of benzene rings is 1. The Morgan fingerprint density at radius 3 is 2.57 bits per heavy atom. The molecule has 28 heavy (non-hydrogen) atoms. The highest BCUT2D eigenvalue weighted by Gasteiger charge is 2.28. The van der Waals surface area contributed by atoms with Crippen LogP contribution in [0.1, 0.15) is 45.3 Å². The number of nitrogens with one attached hydrogen (secondary N) is 1. The molecule has 0 radical (unpaired) electrons. The third-order valence-corrected chi connectivity index (χ3v) is 5.35. The van der Waals surface area contributed by atoms with Crippen molar-refractivity contribution in [2.45, 2.75) is 25.8 Å². The molecule has 3 aromatic rings. The number of amides is 1. The summed E-state index contributed by atoms with van der Waals surface area (Å²) >= 11 is 0. The Hall–Kier alpha value is -3.42. The molecule has 1 aromatic carbocycles. The molecule has 0 saturated carbocycles. The van der Waals surface area contributed by atoms with E-state index in [9.17, 15) is 19.5 Å². The normalized spacial score (nSPS) is 15.1. The molecule has 0 unspecified atom stereocenters. The molecular weight excluding hydrogens is 360 g/mol. The number of fused-ring (bicyclic) bond motifs is 1. The maximum Gasteiger partial charge on any atom is 0.339 e. The zero-order valence-electron chi connectivity index (χ0n) is 15.4. The molecule has 0 spiro atoms. The number of carboxylic acid groups (broad SMARTS) is 1.